The predicted octanol–water partition coefficient (Wildman–Crippen LogP) is 1.50. The number of alkyl halides is 1. The van der Waals surface area contributed by atoms with Gasteiger partial charge in [-0.15, -0.1) is 11.6 Å². The van der Waals surface area contributed by atoms with Gasteiger partial charge >= 0.3 is 0 Å². The Bertz CT molecular complexity index is 317. The Morgan fingerprint density at radius 3 is 2.80 bits per heavy atom. The highest BCUT2D eigenvalue weighted by molar-refractivity contribution is 6.18. The minimum Gasteiger partial charge on any atom is -0.392 e. The highest BCUT2D eigenvalue weighted by Gasteiger charge is 2.03. The first-order valence-electron chi connectivity index (χ1n) is 4.85. The fourth-order valence-electron chi connectivity index (χ4n) is 1.24. The third-order valence-electron chi connectivity index (χ3n) is 2.19. The molecule has 1 aromatic rings. The van der Waals surface area contributed by atoms with Crippen molar-refractivity contribution in [3.8, 4) is 0 Å². The van der Waals surface area contributed by atoms with Gasteiger partial charge in [-0.2, -0.15) is 0 Å². The van der Waals surface area contributed by atoms with E-state index in [1.54, 1.807) is 0 Å². The number of aliphatic hydroxyl groups excluding tert-OH is 2. The minimum atomic E-state index is -0.552. The minimum absolute atomic E-state index is 0.0209. The lowest BCUT2D eigenvalue weighted by atomic mass is 10.1. The van der Waals surface area contributed by atoms with Gasteiger partial charge < -0.3 is 15.5 Å². The van der Waals surface area contributed by atoms with Crippen molar-refractivity contribution in [3.05, 3.63) is 29.3 Å². The summed E-state index contributed by atoms with van der Waals surface area (Å²) in [5, 5.41) is 21.4. The largest absolute Gasteiger partial charge is 0.392 e. The van der Waals surface area contributed by atoms with E-state index in [9.17, 15) is 5.11 Å². The number of anilines is 1. The van der Waals surface area contributed by atoms with E-state index >= 15 is 0 Å². The second-order valence-corrected chi connectivity index (χ2v) is 3.81. The van der Waals surface area contributed by atoms with Gasteiger partial charge in [-0.05, 0) is 24.1 Å². The maximum Gasteiger partial charge on any atom is 0.0847 e. The van der Waals surface area contributed by atoms with Crippen LogP contribution in [-0.2, 0) is 6.61 Å². The molecule has 0 saturated carbocycles. The molecule has 0 amide bonds. The summed E-state index contributed by atoms with van der Waals surface area (Å²) < 4.78 is 0. The summed E-state index contributed by atoms with van der Waals surface area (Å²) >= 11 is 5.49. The number of hydrogen-bond acceptors (Lipinski definition) is 3. The van der Waals surface area contributed by atoms with Gasteiger partial charge in [0, 0.05) is 12.2 Å². The Hall–Kier alpha value is -0.770. The van der Waals surface area contributed by atoms with E-state index in [1.165, 1.54) is 0 Å². The van der Waals surface area contributed by atoms with Crippen molar-refractivity contribution in [2.24, 2.45) is 0 Å². The van der Waals surface area contributed by atoms with Gasteiger partial charge in [0.05, 0.1) is 18.6 Å². The van der Waals surface area contributed by atoms with Gasteiger partial charge in [0.1, 0.15) is 0 Å². The van der Waals surface area contributed by atoms with Crippen LogP contribution >= 0.6 is 11.6 Å². The van der Waals surface area contributed by atoms with Gasteiger partial charge in [-0.3, -0.25) is 0 Å². The Labute approximate surface area is 94.7 Å². The van der Waals surface area contributed by atoms with Crippen molar-refractivity contribution < 1.29 is 10.2 Å². The van der Waals surface area contributed by atoms with Crippen molar-refractivity contribution in [2.45, 2.75) is 19.6 Å². The van der Waals surface area contributed by atoms with E-state index < -0.39 is 6.10 Å². The molecule has 1 aromatic carbocycles. The number of benzene rings is 1. The van der Waals surface area contributed by atoms with Gasteiger partial charge in [-0.1, -0.05) is 12.1 Å². The first kappa shape index (κ1) is 12.3. The fourth-order valence-corrected chi connectivity index (χ4v) is 1.35. The molecule has 0 aliphatic carbocycles. The predicted molar refractivity (Wildman–Crippen MR) is 62.3 cm³/mol. The molecule has 84 valence electrons. The van der Waals surface area contributed by atoms with E-state index in [0.717, 1.165) is 16.8 Å². The summed E-state index contributed by atoms with van der Waals surface area (Å²) in [5.41, 5.74) is 2.85. The zero-order valence-corrected chi connectivity index (χ0v) is 9.46. The molecule has 0 saturated heterocycles. The molecule has 0 bridgehead atoms. The average molecular weight is 230 g/mol. The van der Waals surface area contributed by atoms with Crippen LogP contribution in [0, 0.1) is 6.92 Å². The molecular formula is C11H16ClNO2. The average Bonchev–Trinajstić information content (AvgIpc) is 2.27. The summed E-state index contributed by atoms with van der Waals surface area (Å²) in [4.78, 5) is 0. The molecule has 0 radical (unpaired) electrons. The third-order valence-corrected chi connectivity index (χ3v) is 2.55. The molecule has 1 atom stereocenters. The summed E-state index contributed by atoms with van der Waals surface area (Å²) in [6.45, 7) is 2.41. The molecule has 1 rings (SSSR count). The number of aryl methyl sites for hydroxylation is 1. The molecule has 0 aliphatic heterocycles. The number of halogens is 1. The van der Waals surface area contributed by atoms with Crippen LogP contribution in [0.2, 0.25) is 0 Å². The zero-order chi connectivity index (χ0) is 11.3. The normalized spacial score (nSPS) is 12.5. The third kappa shape index (κ3) is 3.70. The van der Waals surface area contributed by atoms with Gasteiger partial charge in [0.15, 0.2) is 0 Å². The van der Waals surface area contributed by atoms with Crippen molar-refractivity contribution in [1.82, 2.24) is 0 Å². The summed E-state index contributed by atoms with van der Waals surface area (Å²) in [6, 6.07) is 5.68. The molecule has 0 heterocycles. The van der Waals surface area contributed by atoms with Crippen molar-refractivity contribution in [1.29, 1.82) is 0 Å². The quantitative estimate of drug-likeness (QED) is 0.671. The van der Waals surface area contributed by atoms with Gasteiger partial charge in [-0.25, -0.2) is 0 Å². The maximum atomic E-state index is 9.29. The topological polar surface area (TPSA) is 52.5 Å². The van der Waals surface area contributed by atoms with Crippen molar-refractivity contribution >= 4 is 17.3 Å². The number of hydrogen-bond donors (Lipinski definition) is 3. The number of rotatable bonds is 5. The lowest BCUT2D eigenvalue weighted by Gasteiger charge is -2.13. The molecule has 4 heteroatoms. The zero-order valence-electron chi connectivity index (χ0n) is 8.70. The highest BCUT2D eigenvalue weighted by atomic mass is 35.5. The molecule has 3 N–H and O–H groups in total. The van der Waals surface area contributed by atoms with Crippen LogP contribution in [0.25, 0.3) is 0 Å². The van der Waals surface area contributed by atoms with E-state index in [1.807, 2.05) is 25.1 Å². The van der Waals surface area contributed by atoms with Crippen molar-refractivity contribution in [3.63, 3.8) is 0 Å². The van der Waals surface area contributed by atoms with Crippen molar-refractivity contribution in [2.75, 3.05) is 17.7 Å². The molecule has 0 spiro atoms. The Balaban J connectivity index is 2.66. The lowest BCUT2D eigenvalue weighted by Crippen LogP contribution is -2.21. The van der Waals surface area contributed by atoms with Crippen LogP contribution in [0.1, 0.15) is 11.1 Å². The van der Waals surface area contributed by atoms with Crippen LogP contribution in [0.15, 0.2) is 18.2 Å². The Morgan fingerprint density at radius 1 is 1.47 bits per heavy atom. The maximum absolute atomic E-state index is 9.29. The number of aliphatic hydroxyl groups is 2. The van der Waals surface area contributed by atoms with E-state index in [2.05, 4.69) is 5.32 Å². The fraction of sp³-hybridized carbons (Fsp3) is 0.455. The van der Waals surface area contributed by atoms with E-state index in [4.69, 9.17) is 16.7 Å². The summed E-state index contributed by atoms with van der Waals surface area (Å²) in [7, 11) is 0. The molecule has 0 aromatic heterocycles. The van der Waals surface area contributed by atoms with Crippen LogP contribution in [0.5, 0.6) is 0 Å². The second-order valence-electron chi connectivity index (χ2n) is 3.50. The first-order valence-corrected chi connectivity index (χ1v) is 5.39. The smallest absolute Gasteiger partial charge is 0.0847 e. The summed E-state index contributed by atoms with van der Waals surface area (Å²) in [6.07, 6.45) is -0.552. The van der Waals surface area contributed by atoms with Gasteiger partial charge in [0.25, 0.3) is 0 Å². The highest BCUT2D eigenvalue weighted by Crippen LogP contribution is 2.16. The molecular weight excluding hydrogens is 214 g/mol. The molecule has 3 nitrogen and oxygen atoms in total. The van der Waals surface area contributed by atoms with Gasteiger partial charge in [0.2, 0.25) is 0 Å². The van der Waals surface area contributed by atoms with E-state index in [-0.39, 0.29) is 12.5 Å². The summed E-state index contributed by atoms with van der Waals surface area (Å²) in [5.74, 6) is 0.214. The molecule has 0 aliphatic rings. The Kier molecular flexibility index (Phi) is 4.88. The second kappa shape index (κ2) is 5.95. The van der Waals surface area contributed by atoms with Crippen LogP contribution in [0.4, 0.5) is 5.69 Å². The van der Waals surface area contributed by atoms with Crippen LogP contribution in [-0.4, -0.2) is 28.7 Å². The number of nitrogens with one attached hydrogen (secondary N) is 1. The molecule has 15 heavy (non-hydrogen) atoms. The van der Waals surface area contributed by atoms with E-state index in [0.29, 0.717) is 6.54 Å². The first-order chi connectivity index (χ1) is 7.17. The molecule has 0 fully saturated rings. The monoisotopic (exact) mass is 229 g/mol. The van der Waals surface area contributed by atoms with Crippen LogP contribution < -0.4 is 5.32 Å². The SMILES string of the molecule is Cc1ccc(CO)cc1NCC(O)CCl. The molecule has 1 unspecified atom stereocenters. The standard InChI is InChI=1S/C11H16ClNO2/c1-8-2-3-9(7-14)4-11(8)13-6-10(15)5-12/h2-4,10,13-15H,5-7H2,1H3. The lowest BCUT2D eigenvalue weighted by molar-refractivity contribution is 0.211. The van der Waals surface area contributed by atoms with Crippen LogP contribution in [0.3, 0.4) is 0 Å². The Morgan fingerprint density at radius 2 is 2.20 bits per heavy atom.